The van der Waals surface area contributed by atoms with Crippen LogP contribution in [0.15, 0.2) is 24.3 Å². The van der Waals surface area contributed by atoms with Gasteiger partial charge in [-0.25, -0.2) is 0 Å². The van der Waals surface area contributed by atoms with Crippen LogP contribution < -0.4 is 5.32 Å². The molecule has 0 spiro atoms. The van der Waals surface area contributed by atoms with Gasteiger partial charge >= 0.3 is 0 Å². The number of benzene rings is 2. The molecule has 148 valence electrons. The van der Waals surface area contributed by atoms with Crippen LogP contribution in [0.1, 0.15) is 63.2 Å². The monoisotopic (exact) mass is 393 g/mol. The maximum absolute atomic E-state index is 13.0. The Hall–Kier alpha value is -3.48. The SMILES string of the molecule is CC(=O)NC1(C(C)=O)CCc2c(O)c3c(c(O)c2C1)C(=O)c1ccccc1C3=O. The molecule has 2 aliphatic rings. The van der Waals surface area contributed by atoms with Crippen molar-refractivity contribution in [2.45, 2.75) is 38.6 Å². The normalized spacial score (nSPS) is 19.8. The highest BCUT2D eigenvalue weighted by Crippen LogP contribution is 2.47. The highest BCUT2D eigenvalue weighted by molar-refractivity contribution is 6.30. The van der Waals surface area contributed by atoms with Crippen molar-refractivity contribution in [2.75, 3.05) is 0 Å². The van der Waals surface area contributed by atoms with Crippen LogP contribution in [0.5, 0.6) is 11.5 Å². The lowest BCUT2D eigenvalue weighted by molar-refractivity contribution is -0.130. The molecule has 1 atom stereocenters. The van der Waals surface area contributed by atoms with E-state index in [2.05, 4.69) is 5.32 Å². The number of phenolic OH excluding ortho intramolecular Hbond substituents is 2. The standard InChI is InChI=1S/C22H19NO6/c1-10(24)22(23-11(2)25)8-7-14-15(9-22)21(29)17-16(20(14)28)18(26)12-5-3-4-6-13(12)19(17)27/h3-6,28-29H,7-9H2,1-2H3,(H,23,25). The quantitative estimate of drug-likeness (QED) is 0.571. The lowest BCUT2D eigenvalue weighted by Crippen LogP contribution is -2.56. The van der Waals surface area contributed by atoms with E-state index in [1.807, 2.05) is 0 Å². The third-order valence-electron chi connectivity index (χ3n) is 5.90. The molecule has 29 heavy (non-hydrogen) atoms. The Kier molecular flexibility index (Phi) is 4.08. The summed E-state index contributed by atoms with van der Waals surface area (Å²) in [6.07, 6.45) is 0.289. The molecule has 7 nitrogen and oxygen atoms in total. The molecule has 0 heterocycles. The summed E-state index contributed by atoms with van der Waals surface area (Å²) in [7, 11) is 0. The molecule has 0 fully saturated rings. The van der Waals surface area contributed by atoms with E-state index in [-0.39, 0.29) is 58.6 Å². The Labute approximate surface area is 166 Å². The van der Waals surface area contributed by atoms with Gasteiger partial charge in [-0.05, 0) is 19.8 Å². The Morgan fingerprint density at radius 3 is 1.93 bits per heavy atom. The van der Waals surface area contributed by atoms with E-state index in [1.165, 1.54) is 26.0 Å². The van der Waals surface area contributed by atoms with E-state index in [0.29, 0.717) is 5.56 Å². The Bertz CT molecular complexity index is 1130. The minimum Gasteiger partial charge on any atom is -0.507 e. The maximum Gasteiger partial charge on any atom is 0.217 e. The fraction of sp³-hybridized carbons (Fsp3) is 0.273. The van der Waals surface area contributed by atoms with Crippen LogP contribution >= 0.6 is 0 Å². The summed E-state index contributed by atoms with van der Waals surface area (Å²) in [5, 5.41) is 24.5. The average molecular weight is 393 g/mol. The molecule has 2 aliphatic carbocycles. The number of hydrogen-bond acceptors (Lipinski definition) is 6. The number of Topliss-reactive ketones (excluding diaryl/α,β-unsaturated/α-hetero) is 1. The van der Waals surface area contributed by atoms with Gasteiger partial charge in [0.2, 0.25) is 5.91 Å². The summed E-state index contributed by atoms with van der Waals surface area (Å²) in [5.74, 6) is -2.55. The second-order valence-electron chi connectivity index (χ2n) is 7.60. The number of fused-ring (bicyclic) bond motifs is 3. The molecule has 0 bridgehead atoms. The maximum atomic E-state index is 13.0. The van der Waals surface area contributed by atoms with E-state index in [1.54, 1.807) is 12.1 Å². The van der Waals surface area contributed by atoms with Gasteiger partial charge in [-0.2, -0.15) is 0 Å². The summed E-state index contributed by atoms with van der Waals surface area (Å²) in [6, 6.07) is 6.23. The van der Waals surface area contributed by atoms with Crippen molar-refractivity contribution in [2.24, 2.45) is 0 Å². The third-order valence-corrected chi connectivity index (χ3v) is 5.90. The molecule has 0 saturated heterocycles. The molecule has 7 heteroatoms. The predicted molar refractivity (Wildman–Crippen MR) is 102 cm³/mol. The number of phenols is 2. The second kappa shape index (κ2) is 6.27. The molecule has 4 rings (SSSR count). The van der Waals surface area contributed by atoms with E-state index >= 15 is 0 Å². The number of rotatable bonds is 2. The van der Waals surface area contributed by atoms with Crippen molar-refractivity contribution in [3.63, 3.8) is 0 Å². The first-order valence-electron chi connectivity index (χ1n) is 9.26. The minimum absolute atomic E-state index is 0.0764. The van der Waals surface area contributed by atoms with Crippen molar-refractivity contribution >= 4 is 23.3 Å². The molecule has 1 amide bonds. The number of amides is 1. The van der Waals surface area contributed by atoms with Crippen molar-refractivity contribution < 1.29 is 29.4 Å². The van der Waals surface area contributed by atoms with Gasteiger partial charge in [-0.1, -0.05) is 24.3 Å². The predicted octanol–water partition coefficient (Wildman–Crippen LogP) is 1.83. The first-order valence-corrected chi connectivity index (χ1v) is 9.26. The van der Waals surface area contributed by atoms with E-state index in [0.717, 1.165) is 0 Å². The van der Waals surface area contributed by atoms with Crippen LogP contribution in [0.2, 0.25) is 0 Å². The van der Waals surface area contributed by atoms with Crippen molar-refractivity contribution in [1.82, 2.24) is 5.32 Å². The molecule has 0 aromatic heterocycles. The van der Waals surface area contributed by atoms with Crippen molar-refractivity contribution in [3.05, 3.63) is 57.6 Å². The van der Waals surface area contributed by atoms with Crippen LogP contribution in [-0.4, -0.2) is 39.0 Å². The average Bonchev–Trinajstić information content (AvgIpc) is 2.68. The molecule has 2 aromatic rings. The number of ketones is 3. The largest absolute Gasteiger partial charge is 0.507 e. The third kappa shape index (κ3) is 2.57. The van der Waals surface area contributed by atoms with Gasteiger partial charge in [-0.15, -0.1) is 0 Å². The Morgan fingerprint density at radius 2 is 1.45 bits per heavy atom. The summed E-state index contributed by atoms with van der Waals surface area (Å²) in [6.45, 7) is 2.64. The zero-order chi connectivity index (χ0) is 21.1. The fourth-order valence-corrected chi connectivity index (χ4v) is 4.44. The van der Waals surface area contributed by atoms with Gasteiger partial charge in [0.05, 0.1) is 11.1 Å². The number of hydrogen-bond donors (Lipinski definition) is 3. The molecule has 0 aliphatic heterocycles. The van der Waals surface area contributed by atoms with Crippen LogP contribution in [0.4, 0.5) is 0 Å². The van der Waals surface area contributed by atoms with Gasteiger partial charge in [0.25, 0.3) is 0 Å². The molecule has 0 radical (unpaired) electrons. The summed E-state index contributed by atoms with van der Waals surface area (Å²) in [4.78, 5) is 50.0. The lowest BCUT2D eigenvalue weighted by Gasteiger charge is -2.38. The summed E-state index contributed by atoms with van der Waals surface area (Å²) < 4.78 is 0. The molecular formula is C22H19NO6. The first-order chi connectivity index (χ1) is 13.7. The lowest BCUT2D eigenvalue weighted by atomic mass is 9.71. The molecule has 1 unspecified atom stereocenters. The fourth-order valence-electron chi connectivity index (χ4n) is 4.44. The zero-order valence-electron chi connectivity index (χ0n) is 16.0. The molecular weight excluding hydrogens is 374 g/mol. The number of carbonyl (C=O) groups is 4. The first kappa shape index (κ1) is 18.9. The van der Waals surface area contributed by atoms with Crippen molar-refractivity contribution in [1.29, 1.82) is 0 Å². The van der Waals surface area contributed by atoms with Crippen LogP contribution in [0.25, 0.3) is 0 Å². The zero-order valence-corrected chi connectivity index (χ0v) is 16.0. The van der Waals surface area contributed by atoms with Crippen LogP contribution in [-0.2, 0) is 22.4 Å². The molecule has 2 aromatic carbocycles. The van der Waals surface area contributed by atoms with Gasteiger partial charge in [0, 0.05) is 35.6 Å². The molecule has 3 N–H and O–H groups in total. The Balaban J connectivity index is 1.95. The summed E-state index contributed by atoms with van der Waals surface area (Å²) in [5.41, 5.74) is -0.855. The van der Waals surface area contributed by atoms with Crippen LogP contribution in [0, 0.1) is 0 Å². The number of nitrogens with one attached hydrogen (secondary N) is 1. The smallest absolute Gasteiger partial charge is 0.217 e. The van der Waals surface area contributed by atoms with Gasteiger partial charge in [-0.3, -0.25) is 19.2 Å². The van der Waals surface area contributed by atoms with E-state index in [4.69, 9.17) is 0 Å². The highest BCUT2D eigenvalue weighted by Gasteiger charge is 2.45. The highest BCUT2D eigenvalue weighted by atomic mass is 16.3. The van der Waals surface area contributed by atoms with Crippen LogP contribution in [0.3, 0.4) is 0 Å². The van der Waals surface area contributed by atoms with Gasteiger partial charge in [0.1, 0.15) is 17.0 Å². The van der Waals surface area contributed by atoms with Gasteiger partial charge < -0.3 is 15.5 Å². The van der Waals surface area contributed by atoms with E-state index in [9.17, 15) is 29.4 Å². The molecule has 0 saturated carbocycles. The van der Waals surface area contributed by atoms with Crippen molar-refractivity contribution in [3.8, 4) is 11.5 Å². The Morgan fingerprint density at radius 1 is 0.931 bits per heavy atom. The van der Waals surface area contributed by atoms with E-state index < -0.39 is 28.8 Å². The topological polar surface area (TPSA) is 121 Å². The second-order valence-corrected chi connectivity index (χ2v) is 7.60. The minimum atomic E-state index is -1.24. The van der Waals surface area contributed by atoms with Gasteiger partial charge in [0.15, 0.2) is 17.3 Å². The summed E-state index contributed by atoms with van der Waals surface area (Å²) >= 11 is 0. The number of carbonyl (C=O) groups excluding carboxylic acids is 4. The number of aromatic hydroxyl groups is 2.